The lowest BCUT2D eigenvalue weighted by molar-refractivity contribution is -0.122. The molecule has 1 atom stereocenters. The molecule has 0 saturated carbocycles. The third-order valence-corrected chi connectivity index (χ3v) is 3.29. The first-order valence-electron chi connectivity index (χ1n) is 6.38. The minimum atomic E-state index is -0.350. The minimum Gasteiger partial charge on any atom is -0.395 e. The molecular weight excluding hydrogens is 249 g/mol. The van der Waals surface area contributed by atoms with Crippen LogP contribution in [0.15, 0.2) is 24.3 Å². The SMILES string of the molecule is O=C(Cc1ccccc1F)CN1CCOCC1CO. The third kappa shape index (κ3) is 3.83. The first kappa shape index (κ1) is 14.1. The lowest BCUT2D eigenvalue weighted by Crippen LogP contribution is -2.49. The van der Waals surface area contributed by atoms with Crippen LogP contribution in [0.2, 0.25) is 0 Å². The highest BCUT2D eigenvalue weighted by Crippen LogP contribution is 2.10. The normalized spacial score (nSPS) is 20.4. The molecule has 19 heavy (non-hydrogen) atoms. The summed E-state index contributed by atoms with van der Waals surface area (Å²) in [4.78, 5) is 13.9. The quantitative estimate of drug-likeness (QED) is 0.850. The van der Waals surface area contributed by atoms with Gasteiger partial charge in [0.2, 0.25) is 0 Å². The number of nitrogens with zero attached hydrogens (tertiary/aromatic N) is 1. The number of aliphatic hydroxyl groups is 1. The van der Waals surface area contributed by atoms with Crippen molar-refractivity contribution in [2.75, 3.05) is 32.9 Å². The third-order valence-electron chi connectivity index (χ3n) is 3.29. The molecule has 104 valence electrons. The molecule has 1 aromatic rings. The Balaban J connectivity index is 1.92. The van der Waals surface area contributed by atoms with Crippen LogP contribution in [0.25, 0.3) is 0 Å². The monoisotopic (exact) mass is 267 g/mol. The first-order valence-corrected chi connectivity index (χ1v) is 6.38. The smallest absolute Gasteiger partial charge is 0.151 e. The molecule has 0 amide bonds. The molecule has 0 aromatic heterocycles. The van der Waals surface area contributed by atoms with Crippen LogP contribution < -0.4 is 0 Å². The summed E-state index contributed by atoms with van der Waals surface area (Å²) < 4.78 is 18.7. The summed E-state index contributed by atoms with van der Waals surface area (Å²) in [6, 6.07) is 6.16. The molecule has 1 N–H and O–H groups in total. The minimum absolute atomic E-state index is 0.0347. The van der Waals surface area contributed by atoms with Crippen LogP contribution in [0.1, 0.15) is 5.56 Å². The lowest BCUT2D eigenvalue weighted by Gasteiger charge is -2.33. The van der Waals surface area contributed by atoms with E-state index in [9.17, 15) is 14.3 Å². The summed E-state index contributed by atoms with van der Waals surface area (Å²) in [6.07, 6.45) is 0.0855. The van der Waals surface area contributed by atoms with Gasteiger partial charge in [0.1, 0.15) is 5.82 Å². The predicted octanol–water partition coefficient (Wildman–Crippen LogP) is 0.630. The number of hydrogen-bond acceptors (Lipinski definition) is 4. The molecule has 5 heteroatoms. The Hall–Kier alpha value is -1.30. The molecule has 1 aromatic carbocycles. The van der Waals surface area contributed by atoms with Crippen LogP contribution in [-0.2, 0) is 16.0 Å². The van der Waals surface area contributed by atoms with Gasteiger partial charge in [0.15, 0.2) is 5.78 Å². The van der Waals surface area contributed by atoms with E-state index in [2.05, 4.69) is 0 Å². The van der Waals surface area contributed by atoms with Gasteiger partial charge in [-0.15, -0.1) is 0 Å². The highest BCUT2D eigenvalue weighted by molar-refractivity contribution is 5.82. The van der Waals surface area contributed by atoms with Crippen molar-refractivity contribution in [1.29, 1.82) is 0 Å². The van der Waals surface area contributed by atoms with Crippen LogP contribution in [0.4, 0.5) is 4.39 Å². The molecule has 0 aliphatic carbocycles. The van der Waals surface area contributed by atoms with E-state index in [-0.39, 0.29) is 37.2 Å². The Labute approximate surface area is 111 Å². The van der Waals surface area contributed by atoms with E-state index >= 15 is 0 Å². The number of Topliss-reactive ketones (excluding diaryl/α,β-unsaturated/α-hetero) is 1. The maximum absolute atomic E-state index is 13.4. The fourth-order valence-corrected chi connectivity index (χ4v) is 2.20. The summed E-state index contributed by atoms with van der Waals surface area (Å²) in [5, 5.41) is 9.22. The van der Waals surface area contributed by atoms with Crippen LogP contribution in [0, 0.1) is 5.82 Å². The summed E-state index contributed by atoms with van der Waals surface area (Å²) in [7, 11) is 0. The van der Waals surface area contributed by atoms with Gasteiger partial charge in [-0.3, -0.25) is 9.69 Å². The van der Waals surface area contributed by atoms with Crippen LogP contribution in [0.3, 0.4) is 0 Å². The van der Waals surface area contributed by atoms with E-state index < -0.39 is 0 Å². The van der Waals surface area contributed by atoms with Gasteiger partial charge >= 0.3 is 0 Å². The number of halogens is 1. The lowest BCUT2D eigenvalue weighted by atomic mass is 10.1. The van der Waals surface area contributed by atoms with Crippen molar-refractivity contribution in [3.8, 4) is 0 Å². The van der Waals surface area contributed by atoms with Crippen LogP contribution in [-0.4, -0.2) is 54.7 Å². The average Bonchev–Trinajstić information content (AvgIpc) is 2.42. The van der Waals surface area contributed by atoms with Crippen LogP contribution >= 0.6 is 0 Å². The first-order chi connectivity index (χ1) is 9.20. The van der Waals surface area contributed by atoms with Gasteiger partial charge in [0, 0.05) is 13.0 Å². The van der Waals surface area contributed by atoms with E-state index in [4.69, 9.17) is 4.74 Å². The fraction of sp³-hybridized carbons (Fsp3) is 0.500. The van der Waals surface area contributed by atoms with Crippen molar-refractivity contribution in [1.82, 2.24) is 4.90 Å². The number of hydrogen-bond donors (Lipinski definition) is 1. The predicted molar refractivity (Wildman–Crippen MR) is 68.4 cm³/mol. The number of carbonyl (C=O) groups is 1. The molecule has 0 bridgehead atoms. The van der Waals surface area contributed by atoms with E-state index in [1.807, 2.05) is 4.90 Å². The Bertz CT molecular complexity index is 438. The van der Waals surface area contributed by atoms with Crippen molar-refractivity contribution in [2.45, 2.75) is 12.5 Å². The molecule has 1 saturated heterocycles. The number of ether oxygens (including phenoxy) is 1. The maximum Gasteiger partial charge on any atom is 0.151 e. The van der Waals surface area contributed by atoms with E-state index in [1.54, 1.807) is 18.2 Å². The molecule has 1 aliphatic heterocycles. The van der Waals surface area contributed by atoms with Gasteiger partial charge < -0.3 is 9.84 Å². The summed E-state index contributed by atoms with van der Waals surface area (Å²) in [5.74, 6) is -0.401. The topological polar surface area (TPSA) is 49.8 Å². The number of carbonyl (C=O) groups excluding carboxylic acids is 1. The Morgan fingerprint density at radius 1 is 1.47 bits per heavy atom. The molecule has 1 unspecified atom stereocenters. The van der Waals surface area contributed by atoms with Crippen molar-refractivity contribution in [3.63, 3.8) is 0 Å². The highest BCUT2D eigenvalue weighted by atomic mass is 19.1. The number of aliphatic hydroxyl groups excluding tert-OH is 1. The van der Waals surface area contributed by atoms with Crippen molar-refractivity contribution in [2.24, 2.45) is 0 Å². The maximum atomic E-state index is 13.4. The van der Waals surface area contributed by atoms with Gasteiger partial charge in [0.25, 0.3) is 0 Å². The number of ketones is 1. The van der Waals surface area contributed by atoms with Gasteiger partial charge in [0.05, 0.1) is 32.4 Å². The van der Waals surface area contributed by atoms with E-state index in [1.165, 1.54) is 6.07 Å². The van der Waals surface area contributed by atoms with Crippen molar-refractivity contribution >= 4 is 5.78 Å². The standard InChI is InChI=1S/C14H18FNO3/c15-14-4-2-1-3-11(14)7-13(18)8-16-5-6-19-10-12(16)9-17/h1-4,12,17H,5-10H2. The van der Waals surface area contributed by atoms with Gasteiger partial charge in [-0.05, 0) is 11.6 Å². The van der Waals surface area contributed by atoms with Gasteiger partial charge in [-0.25, -0.2) is 4.39 Å². The Morgan fingerprint density at radius 3 is 3.00 bits per heavy atom. The Kier molecular flexibility index (Phi) is 5.01. The number of morpholine rings is 1. The summed E-state index contributed by atoms with van der Waals surface area (Å²) in [5.41, 5.74) is 0.418. The zero-order valence-corrected chi connectivity index (χ0v) is 10.7. The summed E-state index contributed by atoms with van der Waals surface area (Å²) >= 11 is 0. The zero-order valence-electron chi connectivity index (χ0n) is 10.7. The fourth-order valence-electron chi connectivity index (χ4n) is 2.20. The largest absolute Gasteiger partial charge is 0.395 e. The van der Waals surface area contributed by atoms with Crippen LogP contribution in [0.5, 0.6) is 0 Å². The van der Waals surface area contributed by atoms with E-state index in [0.29, 0.717) is 25.3 Å². The molecule has 0 radical (unpaired) electrons. The number of benzene rings is 1. The second-order valence-corrected chi connectivity index (χ2v) is 4.69. The molecular formula is C14H18FNO3. The molecule has 1 aliphatic rings. The van der Waals surface area contributed by atoms with Crippen molar-refractivity contribution in [3.05, 3.63) is 35.6 Å². The average molecular weight is 267 g/mol. The number of rotatable bonds is 5. The molecule has 0 spiro atoms. The van der Waals surface area contributed by atoms with Gasteiger partial charge in [-0.1, -0.05) is 18.2 Å². The highest BCUT2D eigenvalue weighted by Gasteiger charge is 2.24. The second kappa shape index (κ2) is 6.75. The molecule has 1 fully saturated rings. The zero-order chi connectivity index (χ0) is 13.7. The molecule has 1 heterocycles. The Morgan fingerprint density at radius 2 is 2.26 bits per heavy atom. The van der Waals surface area contributed by atoms with E-state index in [0.717, 1.165) is 0 Å². The summed E-state index contributed by atoms with van der Waals surface area (Å²) in [6.45, 7) is 1.80. The second-order valence-electron chi connectivity index (χ2n) is 4.69. The molecule has 2 rings (SSSR count). The van der Waals surface area contributed by atoms with Crippen molar-refractivity contribution < 1.29 is 19.0 Å². The van der Waals surface area contributed by atoms with Gasteiger partial charge in [-0.2, -0.15) is 0 Å². The molecule has 4 nitrogen and oxygen atoms in total.